The number of aromatic nitrogens is 2. The molecule has 0 N–H and O–H groups in total. The van der Waals surface area contributed by atoms with Gasteiger partial charge in [-0.2, -0.15) is 5.10 Å². The molecule has 2 aromatic heterocycles. The maximum atomic E-state index is 12.7. The van der Waals surface area contributed by atoms with E-state index in [2.05, 4.69) is 15.1 Å². The zero-order chi connectivity index (χ0) is 18.1. The number of piperidine rings is 1. The molecule has 2 saturated heterocycles. The first kappa shape index (κ1) is 17.0. The number of anilines is 1. The molecule has 2 aliphatic rings. The van der Waals surface area contributed by atoms with Crippen LogP contribution in [-0.4, -0.2) is 59.9 Å². The second-order valence-electron chi connectivity index (χ2n) is 7.08. The van der Waals surface area contributed by atoms with Gasteiger partial charge in [-0.3, -0.25) is 4.79 Å². The van der Waals surface area contributed by atoms with Gasteiger partial charge in [0.1, 0.15) is 5.76 Å². The van der Waals surface area contributed by atoms with Gasteiger partial charge in [0, 0.05) is 32.1 Å². The van der Waals surface area contributed by atoms with Gasteiger partial charge in [-0.25, -0.2) is 0 Å². The summed E-state index contributed by atoms with van der Waals surface area (Å²) >= 11 is 0. The maximum absolute atomic E-state index is 12.7. The van der Waals surface area contributed by atoms with Gasteiger partial charge in [0.2, 0.25) is 0 Å². The molecule has 0 radical (unpaired) electrons. The number of amides is 1. The summed E-state index contributed by atoms with van der Waals surface area (Å²) in [5.41, 5.74) is 1.56. The van der Waals surface area contributed by atoms with E-state index >= 15 is 0 Å². The molecule has 2 aromatic rings. The lowest BCUT2D eigenvalue weighted by Gasteiger charge is -2.38. The van der Waals surface area contributed by atoms with E-state index in [1.165, 1.54) is 0 Å². The van der Waals surface area contributed by atoms with Crippen molar-refractivity contribution in [2.24, 2.45) is 5.92 Å². The standard InChI is InChI=1S/C19H24N4O3/c1-13-3-4-18(21-20-13)22-8-10-26-17-12-23(7-5-15(17)11-22)19(24)16-6-9-25-14(16)2/h3-4,6,9,15,17H,5,7-8,10-12H2,1-2H3/t15-,17-/m0/s1. The Hall–Kier alpha value is -2.41. The predicted octanol–water partition coefficient (Wildman–Crippen LogP) is 2.05. The number of carbonyl (C=O) groups excluding carboxylic acids is 1. The summed E-state index contributed by atoms with van der Waals surface area (Å²) in [5, 5.41) is 8.48. The third kappa shape index (κ3) is 3.31. The SMILES string of the molecule is Cc1ccc(N2CCO[C@H]3CN(C(=O)c4ccoc4C)CC[C@H]3C2)nn1. The second-order valence-corrected chi connectivity index (χ2v) is 7.08. The Morgan fingerprint density at radius 3 is 2.77 bits per heavy atom. The number of rotatable bonds is 2. The molecule has 2 fully saturated rings. The van der Waals surface area contributed by atoms with Crippen molar-refractivity contribution in [2.45, 2.75) is 26.4 Å². The summed E-state index contributed by atoms with van der Waals surface area (Å²) in [6.07, 6.45) is 2.55. The van der Waals surface area contributed by atoms with Crippen molar-refractivity contribution in [2.75, 3.05) is 37.7 Å². The summed E-state index contributed by atoms with van der Waals surface area (Å²) in [6, 6.07) is 5.75. The molecule has 2 atom stereocenters. The minimum absolute atomic E-state index is 0.0313. The van der Waals surface area contributed by atoms with Gasteiger partial charge in [-0.05, 0) is 38.5 Å². The Morgan fingerprint density at radius 2 is 2.04 bits per heavy atom. The van der Waals surface area contributed by atoms with Crippen molar-refractivity contribution in [3.63, 3.8) is 0 Å². The molecule has 138 valence electrons. The van der Waals surface area contributed by atoms with Crippen LogP contribution in [0.2, 0.25) is 0 Å². The molecule has 2 aliphatic heterocycles. The number of fused-ring (bicyclic) bond motifs is 1. The third-order valence-electron chi connectivity index (χ3n) is 5.33. The van der Waals surface area contributed by atoms with Crippen molar-refractivity contribution < 1.29 is 13.9 Å². The minimum Gasteiger partial charge on any atom is -0.469 e. The van der Waals surface area contributed by atoms with Crippen molar-refractivity contribution in [3.05, 3.63) is 41.5 Å². The monoisotopic (exact) mass is 356 g/mol. The van der Waals surface area contributed by atoms with Crippen molar-refractivity contribution in [1.29, 1.82) is 0 Å². The number of likely N-dealkylation sites (tertiary alicyclic amines) is 1. The van der Waals surface area contributed by atoms with Crippen molar-refractivity contribution in [1.82, 2.24) is 15.1 Å². The lowest BCUT2D eigenvalue weighted by Crippen LogP contribution is -2.49. The summed E-state index contributed by atoms with van der Waals surface area (Å²) in [5.74, 6) is 1.98. The van der Waals surface area contributed by atoms with Crippen LogP contribution in [-0.2, 0) is 4.74 Å². The predicted molar refractivity (Wildman–Crippen MR) is 96.2 cm³/mol. The third-order valence-corrected chi connectivity index (χ3v) is 5.33. The Morgan fingerprint density at radius 1 is 1.15 bits per heavy atom. The van der Waals surface area contributed by atoms with Crippen LogP contribution in [0.5, 0.6) is 0 Å². The molecule has 4 heterocycles. The Bertz CT molecular complexity index is 773. The van der Waals surface area contributed by atoms with Gasteiger partial charge >= 0.3 is 0 Å². The Labute approximate surface area is 152 Å². The highest BCUT2D eigenvalue weighted by atomic mass is 16.5. The molecule has 0 unspecified atom stereocenters. The first-order valence-corrected chi connectivity index (χ1v) is 9.12. The van der Waals surface area contributed by atoms with Crippen LogP contribution >= 0.6 is 0 Å². The summed E-state index contributed by atoms with van der Waals surface area (Å²) < 4.78 is 11.4. The number of aryl methyl sites for hydroxylation is 2. The largest absolute Gasteiger partial charge is 0.469 e. The molecular weight excluding hydrogens is 332 g/mol. The van der Waals surface area contributed by atoms with E-state index < -0.39 is 0 Å². The lowest BCUT2D eigenvalue weighted by atomic mass is 9.93. The zero-order valence-electron chi connectivity index (χ0n) is 15.2. The Kier molecular flexibility index (Phi) is 4.63. The van der Waals surface area contributed by atoms with Gasteiger partial charge in [0.25, 0.3) is 5.91 Å². The van der Waals surface area contributed by atoms with Crippen molar-refractivity contribution in [3.8, 4) is 0 Å². The number of hydrogen-bond donors (Lipinski definition) is 0. The quantitative estimate of drug-likeness (QED) is 0.820. The number of furan rings is 1. The van der Waals surface area contributed by atoms with E-state index in [1.807, 2.05) is 30.9 Å². The molecule has 4 rings (SSSR count). The summed E-state index contributed by atoms with van der Waals surface area (Å²) in [4.78, 5) is 16.9. The highest BCUT2D eigenvalue weighted by Crippen LogP contribution is 2.27. The molecule has 7 heteroatoms. The second kappa shape index (κ2) is 7.07. The van der Waals surface area contributed by atoms with Crippen LogP contribution in [0.15, 0.2) is 28.9 Å². The first-order chi connectivity index (χ1) is 12.6. The minimum atomic E-state index is 0.0313. The van der Waals surface area contributed by atoms with E-state index in [1.54, 1.807) is 12.3 Å². The molecule has 26 heavy (non-hydrogen) atoms. The van der Waals surface area contributed by atoms with Crippen LogP contribution in [0.25, 0.3) is 0 Å². The number of carbonyl (C=O) groups is 1. The van der Waals surface area contributed by atoms with Crippen LogP contribution in [0.4, 0.5) is 5.82 Å². The molecule has 0 saturated carbocycles. The number of ether oxygens (including phenoxy) is 1. The first-order valence-electron chi connectivity index (χ1n) is 9.12. The van der Waals surface area contributed by atoms with E-state index in [0.29, 0.717) is 30.4 Å². The molecule has 1 amide bonds. The van der Waals surface area contributed by atoms with E-state index in [9.17, 15) is 4.79 Å². The van der Waals surface area contributed by atoms with Gasteiger partial charge in [0.15, 0.2) is 5.82 Å². The van der Waals surface area contributed by atoms with Crippen LogP contribution in [0.1, 0.15) is 28.2 Å². The van der Waals surface area contributed by atoms with Gasteiger partial charge in [0.05, 0.1) is 30.2 Å². The lowest BCUT2D eigenvalue weighted by molar-refractivity contribution is -0.0169. The molecular formula is C19H24N4O3. The fourth-order valence-electron chi connectivity index (χ4n) is 3.78. The Balaban J connectivity index is 1.44. The van der Waals surface area contributed by atoms with Crippen LogP contribution in [0, 0.1) is 19.8 Å². The average molecular weight is 356 g/mol. The fourth-order valence-corrected chi connectivity index (χ4v) is 3.78. The molecule has 0 aliphatic carbocycles. The smallest absolute Gasteiger partial charge is 0.257 e. The van der Waals surface area contributed by atoms with Gasteiger partial charge in [-0.15, -0.1) is 5.10 Å². The van der Waals surface area contributed by atoms with E-state index in [-0.39, 0.29) is 12.0 Å². The average Bonchev–Trinajstić information content (AvgIpc) is 2.96. The highest BCUT2D eigenvalue weighted by Gasteiger charge is 2.36. The maximum Gasteiger partial charge on any atom is 0.257 e. The molecule has 0 spiro atoms. The summed E-state index contributed by atoms with van der Waals surface area (Å²) in [7, 11) is 0. The fraction of sp³-hybridized carbons (Fsp3) is 0.526. The highest BCUT2D eigenvalue weighted by molar-refractivity contribution is 5.95. The van der Waals surface area contributed by atoms with Crippen molar-refractivity contribution >= 4 is 11.7 Å². The number of nitrogens with zero attached hydrogens (tertiary/aromatic N) is 4. The normalized spacial score (nSPS) is 23.5. The van der Waals surface area contributed by atoms with E-state index in [4.69, 9.17) is 9.15 Å². The number of hydrogen-bond acceptors (Lipinski definition) is 6. The van der Waals surface area contributed by atoms with Gasteiger partial charge in [-0.1, -0.05) is 0 Å². The molecule has 0 bridgehead atoms. The topological polar surface area (TPSA) is 71.7 Å². The van der Waals surface area contributed by atoms with Crippen LogP contribution < -0.4 is 4.90 Å². The molecule has 0 aromatic carbocycles. The summed E-state index contributed by atoms with van der Waals surface area (Å²) in [6.45, 7) is 7.43. The molecule has 7 nitrogen and oxygen atoms in total. The zero-order valence-corrected chi connectivity index (χ0v) is 15.2. The van der Waals surface area contributed by atoms with Crippen LogP contribution in [0.3, 0.4) is 0 Å². The van der Waals surface area contributed by atoms with E-state index in [0.717, 1.165) is 37.6 Å². The van der Waals surface area contributed by atoms with Gasteiger partial charge < -0.3 is 19.0 Å².